The summed E-state index contributed by atoms with van der Waals surface area (Å²) in [6.45, 7) is 5.37. The molecule has 2 aromatic heterocycles. The average molecular weight is 330 g/mol. The minimum absolute atomic E-state index is 0.522. The van der Waals surface area contributed by atoms with Crippen LogP contribution in [-0.4, -0.2) is 6.04 Å². The Morgan fingerprint density at radius 3 is 2.76 bits per heavy atom. The average Bonchev–Trinajstić information content (AvgIpc) is 2.85. The van der Waals surface area contributed by atoms with Crippen LogP contribution in [0, 0.1) is 6.92 Å². The summed E-state index contributed by atoms with van der Waals surface area (Å²) in [6.07, 6.45) is 1.12. The molecule has 1 unspecified atom stereocenters. The molecule has 4 heteroatoms. The lowest BCUT2D eigenvalue weighted by Crippen LogP contribution is -2.26. The lowest BCUT2D eigenvalue weighted by atomic mass is 10.2. The lowest BCUT2D eigenvalue weighted by molar-refractivity contribution is 0.552. The van der Waals surface area contributed by atoms with E-state index in [-0.39, 0.29) is 0 Å². The van der Waals surface area contributed by atoms with E-state index in [0.29, 0.717) is 6.04 Å². The summed E-state index contributed by atoms with van der Waals surface area (Å²) in [6, 6.07) is 7.14. The molecule has 0 amide bonds. The van der Waals surface area contributed by atoms with Crippen molar-refractivity contribution in [2.75, 3.05) is 0 Å². The van der Waals surface area contributed by atoms with Crippen LogP contribution in [0.15, 0.2) is 28.1 Å². The molecule has 2 rings (SSSR count). The highest BCUT2D eigenvalue weighted by Gasteiger charge is 2.05. The largest absolute Gasteiger partial charge is 0.309 e. The highest BCUT2D eigenvalue weighted by molar-refractivity contribution is 9.10. The van der Waals surface area contributed by atoms with Crippen molar-refractivity contribution in [3.63, 3.8) is 0 Å². The lowest BCUT2D eigenvalue weighted by Gasteiger charge is -2.11. The molecule has 0 saturated heterocycles. The molecule has 1 atom stereocenters. The van der Waals surface area contributed by atoms with E-state index in [9.17, 15) is 0 Å². The number of hydrogen-bond donors (Lipinski definition) is 1. The van der Waals surface area contributed by atoms with Crippen molar-refractivity contribution in [3.05, 3.63) is 42.7 Å². The normalized spacial score (nSPS) is 12.9. The summed E-state index contributed by atoms with van der Waals surface area (Å²) in [5, 5.41) is 5.70. The van der Waals surface area contributed by atoms with Gasteiger partial charge >= 0.3 is 0 Å². The van der Waals surface area contributed by atoms with Crippen molar-refractivity contribution < 1.29 is 0 Å². The molecule has 17 heavy (non-hydrogen) atoms. The van der Waals surface area contributed by atoms with Gasteiger partial charge in [0.2, 0.25) is 0 Å². The summed E-state index contributed by atoms with van der Waals surface area (Å²) in [5.74, 6) is 0. The van der Waals surface area contributed by atoms with Crippen molar-refractivity contribution in [1.29, 1.82) is 0 Å². The van der Waals surface area contributed by atoms with Crippen LogP contribution < -0.4 is 5.32 Å². The van der Waals surface area contributed by atoms with E-state index in [1.807, 2.05) is 11.3 Å². The molecule has 0 aliphatic heterocycles. The van der Waals surface area contributed by atoms with Gasteiger partial charge in [-0.05, 0) is 54.4 Å². The first kappa shape index (κ1) is 13.3. The summed E-state index contributed by atoms with van der Waals surface area (Å²) >= 11 is 7.17. The fourth-order valence-corrected chi connectivity index (χ4v) is 4.11. The van der Waals surface area contributed by atoms with Gasteiger partial charge in [0.25, 0.3) is 0 Å². The van der Waals surface area contributed by atoms with Gasteiger partial charge < -0.3 is 5.32 Å². The van der Waals surface area contributed by atoms with Crippen LogP contribution in [0.4, 0.5) is 0 Å². The molecular weight excluding hydrogens is 314 g/mol. The molecule has 0 aliphatic rings. The fraction of sp³-hybridized carbons (Fsp3) is 0.385. The van der Waals surface area contributed by atoms with E-state index in [1.54, 1.807) is 11.3 Å². The Labute approximate surface area is 119 Å². The summed E-state index contributed by atoms with van der Waals surface area (Å²) in [7, 11) is 0. The third-order valence-corrected chi connectivity index (χ3v) is 5.27. The number of thiophene rings is 2. The van der Waals surface area contributed by atoms with Crippen molar-refractivity contribution in [2.45, 2.75) is 32.9 Å². The van der Waals surface area contributed by atoms with Gasteiger partial charge in [-0.2, -0.15) is 0 Å². The minimum Gasteiger partial charge on any atom is -0.309 e. The second-order valence-electron chi connectivity index (χ2n) is 4.23. The van der Waals surface area contributed by atoms with Crippen molar-refractivity contribution in [3.8, 4) is 0 Å². The fourth-order valence-electron chi connectivity index (χ4n) is 1.69. The van der Waals surface area contributed by atoms with Gasteiger partial charge in [-0.3, -0.25) is 0 Å². The van der Waals surface area contributed by atoms with Crippen LogP contribution in [0.1, 0.15) is 21.6 Å². The Morgan fingerprint density at radius 2 is 2.18 bits per heavy atom. The standard InChI is InChI=1S/C13H16BrNS2/c1-9(5-12-4-3-10(2)17-12)15-7-13-6-11(14)8-16-13/h3-4,6,8-9,15H,5,7H2,1-2H3. The number of rotatable bonds is 5. The Balaban J connectivity index is 1.79. The first-order valence-electron chi connectivity index (χ1n) is 5.65. The maximum absolute atomic E-state index is 3.57. The van der Waals surface area contributed by atoms with Gasteiger partial charge in [-0.1, -0.05) is 0 Å². The monoisotopic (exact) mass is 329 g/mol. The predicted octanol–water partition coefficient (Wildman–Crippen LogP) is 4.60. The second kappa shape index (κ2) is 6.14. The quantitative estimate of drug-likeness (QED) is 0.845. The molecule has 0 fully saturated rings. The molecule has 0 bridgehead atoms. The Kier molecular flexibility index (Phi) is 4.79. The van der Waals surface area contributed by atoms with Crippen LogP contribution in [0.2, 0.25) is 0 Å². The molecular formula is C13H16BrNS2. The molecule has 1 N–H and O–H groups in total. The SMILES string of the molecule is Cc1ccc(CC(C)NCc2cc(Br)cs2)s1. The second-order valence-corrected chi connectivity index (χ2v) is 7.51. The smallest absolute Gasteiger partial charge is 0.0302 e. The predicted molar refractivity (Wildman–Crippen MR) is 81.1 cm³/mol. The maximum Gasteiger partial charge on any atom is 0.0302 e. The third-order valence-electron chi connectivity index (χ3n) is 2.55. The number of hydrogen-bond acceptors (Lipinski definition) is 3. The van der Waals surface area contributed by atoms with E-state index < -0.39 is 0 Å². The zero-order valence-electron chi connectivity index (χ0n) is 10.00. The minimum atomic E-state index is 0.522. The summed E-state index contributed by atoms with van der Waals surface area (Å²) < 4.78 is 1.18. The van der Waals surface area contributed by atoms with Crippen LogP contribution in [0.25, 0.3) is 0 Å². The van der Waals surface area contributed by atoms with Crippen LogP contribution in [0.5, 0.6) is 0 Å². The topological polar surface area (TPSA) is 12.0 Å². The maximum atomic E-state index is 3.57. The molecule has 2 heterocycles. The Morgan fingerprint density at radius 1 is 1.35 bits per heavy atom. The molecule has 1 nitrogen and oxygen atoms in total. The van der Waals surface area contributed by atoms with Crippen molar-refractivity contribution >= 4 is 38.6 Å². The van der Waals surface area contributed by atoms with E-state index in [2.05, 4.69) is 58.7 Å². The van der Waals surface area contributed by atoms with Crippen LogP contribution >= 0.6 is 38.6 Å². The molecule has 2 aromatic rings. The third kappa shape index (κ3) is 4.21. The van der Waals surface area contributed by atoms with Crippen molar-refractivity contribution in [2.24, 2.45) is 0 Å². The first-order chi connectivity index (χ1) is 8.13. The summed E-state index contributed by atoms with van der Waals surface area (Å²) in [5.41, 5.74) is 0. The van der Waals surface area contributed by atoms with Gasteiger partial charge in [0.15, 0.2) is 0 Å². The molecule has 0 spiro atoms. The highest BCUT2D eigenvalue weighted by atomic mass is 79.9. The van der Waals surface area contributed by atoms with E-state index in [1.165, 1.54) is 19.1 Å². The Bertz CT molecular complexity index is 475. The Hall–Kier alpha value is -0.160. The number of aryl methyl sites for hydroxylation is 1. The number of nitrogens with one attached hydrogen (secondary N) is 1. The zero-order chi connectivity index (χ0) is 12.3. The van der Waals surface area contributed by atoms with Crippen LogP contribution in [0.3, 0.4) is 0 Å². The van der Waals surface area contributed by atoms with E-state index in [4.69, 9.17) is 0 Å². The van der Waals surface area contributed by atoms with E-state index in [0.717, 1.165) is 13.0 Å². The molecule has 0 aliphatic carbocycles. The van der Waals surface area contributed by atoms with Crippen molar-refractivity contribution in [1.82, 2.24) is 5.32 Å². The van der Waals surface area contributed by atoms with Gasteiger partial charge in [-0.25, -0.2) is 0 Å². The summed E-state index contributed by atoms with van der Waals surface area (Å²) in [4.78, 5) is 4.25. The first-order valence-corrected chi connectivity index (χ1v) is 8.14. The zero-order valence-corrected chi connectivity index (χ0v) is 13.2. The van der Waals surface area contributed by atoms with E-state index >= 15 is 0 Å². The van der Waals surface area contributed by atoms with Gasteiger partial charge in [-0.15, -0.1) is 22.7 Å². The molecule has 0 radical (unpaired) electrons. The van der Waals surface area contributed by atoms with Gasteiger partial charge in [0.1, 0.15) is 0 Å². The van der Waals surface area contributed by atoms with Gasteiger partial charge in [0, 0.05) is 37.1 Å². The molecule has 0 aromatic carbocycles. The molecule has 0 saturated carbocycles. The molecule has 92 valence electrons. The van der Waals surface area contributed by atoms with Crippen LogP contribution in [-0.2, 0) is 13.0 Å². The number of halogens is 1. The van der Waals surface area contributed by atoms with Gasteiger partial charge in [0.05, 0.1) is 0 Å². The highest BCUT2D eigenvalue weighted by Crippen LogP contribution is 2.20.